The van der Waals surface area contributed by atoms with Crippen LogP contribution in [-0.4, -0.2) is 33.4 Å². The second-order valence-electron chi connectivity index (χ2n) is 6.37. The van der Waals surface area contributed by atoms with E-state index in [1.54, 1.807) is 40.7 Å². The summed E-state index contributed by atoms with van der Waals surface area (Å²) in [6.45, 7) is 3.25. The summed E-state index contributed by atoms with van der Waals surface area (Å²) >= 11 is 0. The van der Waals surface area contributed by atoms with Crippen LogP contribution in [0.5, 0.6) is 0 Å². The van der Waals surface area contributed by atoms with Gasteiger partial charge >= 0.3 is 0 Å². The molecule has 1 aromatic carbocycles. The zero-order valence-corrected chi connectivity index (χ0v) is 13.8. The van der Waals surface area contributed by atoms with Crippen molar-refractivity contribution in [3.8, 4) is 11.1 Å². The maximum atomic E-state index is 14.4. The van der Waals surface area contributed by atoms with E-state index in [4.69, 9.17) is 0 Å². The minimum Gasteiger partial charge on any atom is -0.341 e. The zero-order valence-electron chi connectivity index (χ0n) is 13.8. The standard InChI is InChI=1S/C19H17F2N3O/c1-12-4-2-5-14(18(12)21)13-8-16-19(22-9-13)15(20)10-24(16)11-17(25)23-6-3-7-23/h2,4-5,8-10H,3,6-7,11H2,1H3. The van der Waals surface area contributed by atoms with E-state index in [2.05, 4.69) is 4.98 Å². The Morgan fingerprint density at radius 3 is 2.80 bits per heavy atom. The molecule has 1 aliphatic rings. The quantitative estimate of drug-likeness (QED) is 0.731. The number of nitrogens with zero attached hydrogens (tertiary/aromatic N) is 3. The number of hydrogen-bond donors (Lipinski definition) is 0. The number of halogens is 2. The second-order valence-corrected chi connectivity index (χ2v) is 6.37. The molecule has 0 unspecified atom stereocenters. The van der Waals surface area contributed by atoms with Crippen LogP contribution in [0.1, 0.15) is 12.0 Å². The number of amides is 1. The Bertz CT molecular complexity index is 976. The van der Waals surface area contributed by atoms with Gasteiger partial charge in [-0.2, -0.15) is 0 Å². The Hall–Kier alpha value is -2.76. The van der Waals surface area contributed by atoms with Gasteiger partial charge in [-0.25, -0.2) is 8.78 Å². The van der Waals surface area contributed by atoms with Gasteiger partial charge in [-0.1, -0.05) is 18.2 Å². The average Bonchev–Trinajstić information content (AvgIpc) is 2.84. The van der Waals surface area contributed by atoms with Crippen molar-refractivity contribution in [1.29, 1.82) is 0 Å². The lowest BCUT2D eigenvalue weighted by Gasteiger charge is -2.31. The highest BCUT2D eigenvalue weighted by molar-refractivity contribution is 5.85. The monoisotopic (exact) mass is 341 g/mol. The largest absolute Gasteiger partial charge is 0.341 e. The molecule has 1 saturated heterocycles. The van der Waals surface area contributed by atoms with Gasteiger partial charge in [0.2, 0.25) is 5.91 Å². The minimum absolute atomic E-state index is 0.0460. The smallest absolute Gasteiger partial charge is 0.242 e. The van der Waals surface area contributed by atoms with Crippen molar-refractivity contribution >= 4 is 16.9 Å². The molecule has 1 aliphatic heterocycles. The summed E-state index contributed by atoms with van der Waals surface area (Å²) in [5, 5.41) is 0. The van der Waals surface area contributed by atoms with E-state index in [-0.39, 0.29) is 23.8 Å². The number of fused-ring (bicyclic) bond motifs is 1. The Morgan fingerprint density at radius 1 is 1.28 bits per heavy atom. The maximum absolute atomic E-state index is 14.4. The number of likely N-dealkylation sites (tertiary alicyclic amines) is 1. The van der Waals surface area contributed by atoms with Gasteiger partial charge in [0.1, 0.15) is 17.9 Å². The van der Waals surface area contributed by atoms with Gasteiger partial charge in [0.15, 0.2) is 5.82 Å². The first-order valence-corrected chi connectivity index (χ1v) is 8.22. The summed E-state index contributed by atoms with van der Waals surface area (Å²) in [6, 6.07) is 6.82. The molecule has 25 heavy (non-hydrogen) atoms. The van der Waals surface area contributed by atoms with E-state index < -0.39 is 5.82 Å². The molecule has 0 aliphatic carbocycles. The van der Waals surface area contributed by atoms with E-state index in [0.717, 1.165) is 19.5 Å². The Morgan fingerprint density at radius 2 is 2.08 bits per heavy atom. The Balaban J connectivity index is 1.77. The fourth-order valence-corrected chi connectivity index (χ4v) is 3.08. The lowest BCUT2D eigenvalue weighted by molar-refractivity contribution is -0.135. The number of benzene rings is 1. The molecule has 1 fully saturated rings. The van der Waals surface area contributed by atoms with Gasteiger partial charge in [-0.3, -0.25) is 9.78 Å². The van der Waals surface area contributed by atoms with Crippen molar-refractivity contribution in [2.24, 2.45) is 0 Å². The lowest BCUT2D eigenvalue weighted by atomic mass is 10.0. The number of hydrogen-bond acceptors (Lipinski definition) is 2. The molecule has 128 valence electrons. The van der Waals surface area contributed by atoms with Crippen LogP contribution in [0.4, 0.5) is 8.78 Å². The summed E-state index contributed by atoms with van der Waals surface area (Å²) in [4.78, 5) is 18.1. The maximum Gasteiger partial charge on any atom is 0.242 e. The molecule has 0 bridgehead atoms. The van der Waals surface area contributed by atoms with Crippen LogP contribution in [0.3, 0.4) is 0 Å². The third kappa shape index (κ3) is 2.67. The molecule has 4 nitrogen and oxygen atoms in total. The predicted molar refractivity (Wildman–Crippen MR) is 91.0 cm³/mol. The van der Waals surface area contributed by atoms with Crippen LogP contribution in [0.2, 0.25) is 0 Å². The number of aryl methyl sites for hydroxylation is 1. The molecular weight excluding hydrogens is 324 g/mol. The summed E-state index contributed by atoms with van der Waals surface area (Å²) in [5.74, 6) is -0.850. The molecule has 0 radical (unpaired) electrons. The van der Waals surface area contributed by atoms with Crippen molar-refractivity contribution in [2.45, 2.75) is 19.9 Å². The van der Waals surface area contributed by atoms with Crippen molar-refractivity contribution < 1.29 is 13.6 Å². The van der Waals surface area contributed by atoms with Gasteiger partial charge in [-0.15, -0.1) is 0 Å². The van der Waals surface area contributed by atoms with E-state index in [1.807, 2.05) is 0 Å². The topological polar surface area (TPSA) is 38.1 Å². The fraction of sp³-hybridized carbons (Fsp3) is 0.263. The van der Waals surface area contributed by atoms with E-state index in [0.29, 0.717) is 22.2 Å². The highest BCUT2D eigenvalue weighted by Gasteiger charge is 2.22. The number of carbonyl (C=O) groups excluding carboxylic acids is 1. The van der Waals surface area contributed by atoms with Gasteiger partial charge in [0, 0.05) is 36.6 Å². The number of aromatic nitrogens is 2. The fourth-order valence-electron chi connectivity index (χ4n) is 3.08. The van der Waals surface area contributed by atoms with E-state index >= 15 is 0 Å². The molecule has 0 saturated carbocycles. The van der Waals surface area contributed by atoms with Crippen LogP contribution in [0.15, 0.2) is 36.7 Å². The first-order chi connectivity index (χ1) is 12.0. The summed E-state index contributed by atoms with van der Waals surface area (Å²) in [5.41, 5.74) is 2.19. The zero-order chi connectivity index (χ0) is 17.6. The molecule has 2 aromatic heterocycles. The van der Waals surface area contributed by atoms with Gasteiger partial charge in [0.05, 0.1) is 5.52 Å². The van der Waals surface area contributed by atoms with Crippen LogP contribution in [-0.2, 0) is 11.3 Å². The molecule has 4 rings (SSSR count). The van der Waals surface area contributed by atoms with Crippen molar-refractivity contribution in [3.63, 3.8) is 0 Å². The SMILES string of the molecule is Cc1cccc(-c2cnc3c(F)cn(CC(=O)N4CCC4)c3c2)c1F. The number of rotatable bonds is 3. The van der Waals surface area contributed by atoms with Crippen molar-refractivity contribution in [1.82, 2.24) is 14.5 Å². The van der Waals surface area contributed by atoms with E-state index in [1.165, 1.54) is 12.4 Å². The first kappa shape index (κ1) is 15.7. The number of pyridine rings is 1. The number of carbonyl (C=O) groups is 1. The molecule has 0 N–H and O–H groups in total. The lowest BCUT2D eigenvalue weighted by Crippen LogP contribution is -2.43. The molecule has 3 aromatic rings. The van der Waals surface area contributed by atoms with Crippen LogP contribution >= 0.6 is 0 Å². The summed E-state index contributed by atoms with van der Waals surface area (Å²) < 4.78 is 30.1. The van der Waals surface area contributed by atoms with E-state index in [9.17, 15) is 13.6 Å². The van der Waals surface area contributed by atoms with Gasteiger partial charge in [-0.05, 0) is 25.0 Å². The minimum atomic E-state index is -0.484. The van der Waals surface area contributed by atoms with Crippen LogP contribution in [0.25, 0.3) is 22.2 Å². The normalized spacial score (nSPS) is 14.0. The molecule has 6 heteroatoms. The molecule has 0 atom stereocenters. The second kappa shape index (κ2) is 5.95. The third-order valence-electron chi connectivity index (χ3n) is 4.69. The van der Waals surface area contributed by atoms with Crippen LogP contribution < -0.4 is 0 Å². The average molecular weight is 341 g/mol. The van der Waals surface area contributed by atoms with Crippen LogP contribution in [0, 0.1) is 18.6 Å². The first-order valence-electron chi connectivity index (χ1n) is 8.22. The highest BCUT2D eigenvalue weighted by Crippen LogP contribution is 2.28. The van der Waals surface area contributed by atoms with Crippen molar-refractivity contribution in [2.75, 3.05) is 13.1 Å². The Kier molecular flexibility index (Phi) is 3.75. The molecule has 1 amide bonds. The third-order valence-corrected chi connectivity index (χ3v) is 4.69. The van der Waals surface area contributed by atoms with Crippen molar-refractivity contribution in [3.05, 3.63) is 53.9 Å². The molecular formula is C19H17F2N3O. The molecule has 3 heterocycles. The highest BCUT2D eigenvalue weighted by atomic mass is 19.1. The molecule has 0 spiro atoms. The Labute approximate surface area is 143 Å². The summed E-state index contributed by atoms with van der Waals surface area (Å²) in [7, 11) is 0. The summed E-state index contributed by atoms with van der Waals surface area (Å²) in [6.07, 6.45) is 3.75. The van der Waals surface area contributed by atoms with Gasteiger partial charge in [0.25, 0.3) is 0 Å². The predicted octanol–water partition coefficient (Wildman–Crippen LogP) is 3.52. The van der Waals surface area contributed by atoms with Gasteiger partial charge < -0.3 is 9.47 Å².